The first kappa shape index (κ1) is 75.4. The molecule has 12 heteroatoms. The number of unbranched alkanes of at least 4 members (excludes halogenated alkanes) is 33. The van der Waals surface area contributed by atoms with E-state index in [1.54, 1.807) is 0 Å². The minimum absolute atomic E-state index is 0.0548. The molecule has 1 aliphatic rings. The first-order valence-electron chi connectivity index (χ1n) is 33.3. The van der Waals surface area contributed by atoms with E-state index in [2.05, 4.69) is 81.5 Å². The quantitative estimate of drug-likeness (QED) is 0.0228. The van der Waals surface area contributed by atoms with Gasteiger partial charge >= 0.3 is 23.9 Å². The summed E-state index contributed by atoms with van der Waals surface area (Å²) < 4.78 is 28.5. The summed E-state index contributed by atoms with van der Waals surface area (Å²) in [6.45, 7) is 5.95. The lowest BCUT2D eigenvalue weighted by Crippen LogP contribution is -2.61. The number of rotatable bonds is 57. The third kappa shape index (κ3) is 46.5. The fourth-order valence-electron chi connectivity index (χ4n) is 9.89. The van der Waals surface area contributed by atoms with Crippen LogP contribution in [0.3, 0.4) is 0 Å². The van der Waals surface area contributed by atoms with E-state index in [9.17, 15) is 34.5 Å². The lowest BCUT2D eigenvalue weighted by molar-refractivity contribution is -0.301. The Morgan fingerprint density at radius 3 is 1.15 bits per heavy atom. The second-order valence-electron chi connectivity index (χ2n) is 22.7. The fourth-order valence-corrected chi connectivity index (χ4v) is 9.89. The van der Waals surface area contributed by atoms with Crippen LogP contribution in [0.1, 0.15) is 303 Å². The van der Waals surface area contributed by atoms with E-state index >= 15 is 0 Å². The molecule has 1 fully saturated rings. The maximum absolute atomic E-state index is 13.2. The van der Waals surface area contributed by atoms with Crippen LogP contribution < -0.4 is 0 Å². The van der Waals surface area contributed by atoms with Gasteiger partial charge < -0.3 is 39.0 Å². The number of carbonyl (C=O) groups is 4. The minimum atomic E-state index is -1.91. The van der Waals surface area contributed by atoms with Gasteiger partial charge in [-0.3, -0.25) is 14.4 Å². The van der Waals surface area contributed by atoms with Gasteiger partial charge in [-0.05, 0) is 109 Å². The van der Waals surface area contributed by atoms with Gasteiger partial charge in [-0.15, -0.1) is 0 Å². The summed E-state index contributed by atoms with van der Waals surface area (Å²) in [5.74, 6) is -3.12. The summed E-state index contributed by atoms with van der Waals surface area (Å²) in [4.78, 5) is 51.3. The Morgan fingerprint density at radius 2 is 0.741 bits per heavy atom. The molecule has 0 saturated carbocycles. The van der Waals surface area contributed by atoms with Crippen LogP contribution in [0.25, 0.3) is 0 Å². The molecule has 1 rings (SSSR count). The van der Waals surface area contributed by atoms with E-state index in [1.807, 2.05) is 0 Å². The number of aliphatic carboxylic acids is 1. The number of aliphatic hydroxyl groups is 2. The van der Waals surface area contributed by atoms with Crippen LogP contribution in [0, 0.1) is 0 Å². The molecule has 12 nitrogen and oxygen atoms in total. The number of allylic oxidation sites excluding steroid dienone is 10. The number of aliphatic hydroxyl groups excluding tert-OH is 2. The molecule has 0 aliphatic carbocycles. The largest absolute Gasteiger partial charge is 0.479 e. The predicted molar refractivity (Wildman–Crippen MR) is 331 cm³/mol. The Hall–Kier alpha value is -3.58. The second kappa shape index (κ2) is 56.9. The van der Waals surface area contributed by atoms with Gasteiger partial charge in [-0.2, -0.15) is 0 Å². The number of carboxylic acids is 1. The second-order valence-corrected chi connectivity index (χ2v) is 22.7. The molecule has 468 valence electrons. The molecule has 1 aliphatic heterocycles. The molecule has 0 amide bonds. The molecule has 0 bridgehead atoms. The van der Waals surface area contributed by atoms with Gasteiger partial charge in [0.05, 0.1) is 6.61 Å². The predicted octanol–water partition coefficient (Wildman–Crippen LogP) is 17.9. The molecular weight excluding hydrogens is 1020 g/mol. The van der Waals surface area contributed by atoms with Gasteiger partial charge in [0, 0.05) is 19.3 Å². The topological polar surface area (TPSA) is 175 Å². The molecular formula is C69H120O12. The average molecular weight is 1140 g/mol. The fraction of sp³-hybridized carbons (Fsp3) is 0.797. The number of hydrogen-bond acceptors (Lipinski definition) is 11. The number of carboxylic acid groups (broad SMARTS) is 1. The maximum atomic E-state index is 13.2. The van der Waals surface area contributed by atoms with Crippen LogP contribution in [-0.2, 0) is 42.9 Å². The van der Waals surface area contributed by atoms with Crippen molar-refractivity contribution in [2.75, 3.05) is 13.2 Å². The van der Waals surface area contributed by atoms with Gasteiger partial charge in [0.25, 0.3) is 0 Å². The summed E-state index contributed by atoms with van der Waals surface area (Å²) in [7, 11) is 0. The van der Waals surface area contributed by atoms with Gasteiger partial charge in [-0.1, -0.05) is 236 Å². The van der Waals surface area contributed by atoms with Crippen LogP contribution >= 0.6 is 0 Å². The summed E-state index contributed by atoms with van der Waals surface area (Å²) in [6.07, 6.45) is 58.9. The monoisotopic (exact) mass is 1140 g/mol. The third-order valence-electron chi connectivity index (χ3n) is 15.0. The smallest absolute Gasteiger partial charge is 0.335 e. The SMILES string of the molecule is CCCCC/C=C\C/C=C\CCCCCCCCCCCC(=O)OCC(COC1OC(C(=O)O)C(O)C(O)C1OC(=O)CCCCCCCCCCC/C=C\C/C=C\CCCCC)OC(=O)CCCCCCC/C=C\CCCCCC. The Kier molecular flexibility index (Phi) is 53.0. The maximum Gasteiger partial charge on any atom is 0.335 e. The van der Waals surface area contributed by atoms with Crippen molar-refractivity contribution in [1.82, 2.24) is 0 Å². The van der Waals surface area contributed by atoms with Gasteiger partial charge in [0.2, 0.25) is 0 Å². The van der Waals surface area contributed by atoms with Crippen molar-refractivity contribution >= 4 is 23.9 Å². The summed E-state index contributed by atoms with van der Waals surface area (Å²) in [5.41, 5.74) is 0. The normalized spacial score (nSPS) is 18.1. The van der Waals surface area contributed by atoms with Crippen LogP contribution in [-0.4, -0.2) is 89.2 Å². The van der Waals surface area contributed by atoms with E-state index in [1.165, 1.54) is 135 Å². The molecule has 3 N–H and O–H groups in total. The molecule has 0 aromatic heterocycles. The molecule has 81 heavy (non-hydrogen) atoms. The zero-order chi connectivity index (χ0) is 58.9. The van der Waals surface area contributed by atoms with Gasteiger partial charge in [0.1, 0.15) is 18.8 Å². The molecule has 1 saturated heterocycles. The average Bonchev–Trinajstić information content (AvgIpc) is 3.45. The highest BCUT2D eigenvalue weighted by Gasteiger charge is 2.50. The molecule has 0 aromatic carbocycles. The molecule has 6 atom stereocenters. The van der Waals surface area contributed by atoms with Gasteiger partial charge in [-0.25, -0.2) is 4.79 Å². The van der Waals surface area contributed by atoms with E-state index in [0.29, 0.717) is 19.3 Å². The van der Waals surface area contributed by atoms with Crippen molar-refractivity contribution in [3.05, 3.63) is 60.8 Å². The Bertz CT molecular complexity index is 1640. The van der Waals surface area contributed by atoms with Crippen LogP contribution in [0.15, 0.2) is 60.8 Å². The highest BCUT2D eigenvalue weighted by molar-refractivity contribution is 5.74. The number of ether oxygens (including phenoxy) is 5. The van der Waals surface area contributed by atoms with E-state index in [4.69, 9.17) is 23.7 Å². The summed E-state index contributed by atoms with van der Waals surface area (Å²) in [6, 6.07) is 0. The first-order chi connectivity index (χ1) is 39.6. The Labute approximate surface area is 494 Å². The van der Waals surface area contributed by atoms with Crippen molar-refractivity contribution in [3.63, 3.8) is 0 Å². The van der Waals surface area contributed by atoms with Crippen LogP contribution in [0.5, 0.6) is 0 Å². The number of esters is 3. The summed E-state index contributed by atoms with van der Waals surface area (Å²) >= 11 is 0. The van der Waals surface area contributed by atoms with E-state index < -0.39 is 67.3 Å². The highest BCUT2D eigenvalue weighted by Crippen LogP contribution is 2.27. The molecule has 0 spiro atoms. The van der Waals surface area contributed by atoms with Crippen molar-refractivity contribution in [3.8, 4) is 0 Å². The van der Waals surface area contributed by atoms with Crippen molar-refractivity contribution in [2.24, 2.45) is 0 Å². The Morgan fingerprint density at radius 1 is 0.407 bits per heavy atom. The van der Waals surface area contributed by atoms with Crippen molar-refractivity contribution < 1.29 is 58.2 Å². The van der Waals surface area contributed by atoms with Crippen molar-refractivity contribution in [1.29, 1.82) is 0 Å². The molecule has 6 unspecified atom stereocenters. The number of hydrogen-bond donors (Lipinski definition) is 3. The molecule has 0 radical (unpaired) electrons. The lowest BCUT2D eigenvalue weighted by atomic mass is 9.98. The van der Waals surface area contributed by atoms with Gasteiger partial charge in [0.15, 0.2) is 24.6 Å². The first-order valence-corrected chi connectivity index (χ1v) is 33.3. The third-order valence-corrected chi connectivity index (χ3v) is 15.0. The Balaban J connectivity index is 2.63. The lowest BCUT2D eigenvalue weighted by Gasteiger charge is -2.40. The van der Waals surface area contributed by atoms with Crippen LogP contribution in [0.4, 0.5) is 0 Å². The standard InChI is InChI=1S/C69H120O12/c1-4-7-10-13-16-19-22-25-27-29-31-33-35-38-40-43-46-49-52-55-61(70)77-58-60(79-62(71)56-53-50-47-44-41-37-24-21-18-15-12-9-6-3)59-78-69-67(65(74)64(73)66(81-69)68(75)76)80-63(72)57-54-51-48-45-42-39-36-34-32-30-28-26-23-20-17-14-11-8-5-2/h16-17,19-21,24-28,60,64-67,69,73-74H,4-15,18,22-23,29-59H2,1-3H3,(H,75,76)/b19-16-,20-17-,24-21-,27-25-,28-26-. The van der Waals surface area contributed by atoms with Crippen LogP contribution in [0.2, 0.25) is 0 Å². The number of carbonyl (C=O) groups excluding carboxylic acids is 3. The highest BCUT2D eigenvalue weighted by atomic mass is 16.7. The zero-order valence-corrected chi connectivity index (χ0v) is 51.8. The zero-order valence-electron chi connectivity index (χ0n) is 51.8. The molecule has 0 aromatic rings. The van der Waals surface area contributed by atoms with Crippen molar-refractivity contribution in [2.45, 2.75) is 340 Å². The molecule has 1 heterocycles. The summed E-state index contributed by atoms with van der Waals surface area (Å²) in [5, 5.41) is 31.6. The van der Waals surface area contributed by atoms with E-state index in [0.717, 1.165) is 109 Å². The minimum Gasteiger partial charge on any atom is -0.479 e. The van der Waals surface area contributed by atoms with E-state index in [-0.39, 0.29) is 25.9 Å².